The Balaban J connectivity index is 1.82. The summed E-state index contributed by atoms with van der Waals surface area (Å²) in [5.74, 6) is 0.203. The van der Waals surface area contributed by atoms with Gasteiger partial charge >= 0.3 is 0 Å². The number of hydrogen-bond donors (Lipinski definition) is 1. The number of hydrogen-bond acceptors (Lipinski definition) is 3. The maximum atomic E-state index is 10.9. The van der Waals surface area contributed by atoms with E-state index in [2.05, 4.69) is 0 Å². The van der Waals surface area contributed by atoms with Crippen molar-refractivity contribution in [2.45, 2.75) is 18.9 Å². The van der Waals surface area contributed by atoms with Crippen LogP contribution in [0.5, 0.6) is 0 Å². The molecule has 2 unspecified atom stereocenters. The third-order valence-electron chi connectivity index (χ3n) is 4.17. The van der Waals surface area contributed by atoms with Gasteiger partial charge in [-0.05, 0) is 47.6 Å². The van der Waals surface area contributed by atoms with Gasteiger partial charge in [-0.3, -0.25) is 10.1 Å². The maximum absolute atomic E-state index is 10.9. The van der Waals surface area contributed by atoms with Crippen molar-refractivity contribution in [2.75, 3.05) is 0 Å². The first-order chi connectivity index (χ1) is 10.5. The van der Waals surface area contributed by atoms with E-state index in [1.54, 1.807) is 18.2 Å². The highest BCUT2D eigenvalue weighted by molar-refractivity contribution is 6.42. The minimum absolute atomic E-state index is 0.112. The molecule has 3 rings (SSSR count). The zero-order valence-electron chi connectivity index (χ0n) is 11.6. The van der Waals surface area contributed by atoms with E-state index < -0.39 is 0 Å². The first-order valence-electron chi connectivity index (χ1n) is 6.92. The van der Waals surface area contributed by atoms with E-state index in [1.165, 1.54) is 6.07 Å². The molecular formula is C16H14Cl2N2O2. The van der Waals surface area contributed by atoms with Gasteiger partial charge in [0.25, 0.3) is 5.69 Å². The average molecular weight is 337 g/mol. The number of nitrogens with two attached hydrogens (primary N) is 1. The summed E-state index contributed by atoms with van der Waals surface area (Å²) in [6.45, 7) is 0. The monoisotopic (exact) mass is 336 g/mol. The van der Waals surface area contributed by atoms with Crippen LogP contribution in [0.25, 0.3) is 0 Å². The van der Waals surface area contributed by atoms with E-state index >= 15 is 0 Å². The minimum Gasteiger partial charge on any atom is -0.324 e. The lowest BCUT2D eigenvalue weighted by Gasteiger charge is -2.16. The van der Waals surface area contributed by atoms with Crippen molar-refractivity contribution in [3.8, 4) is 0 Å². The molecular weight excluding hydrogens is 323 g/mol. The quantitative estimate of drug-likeness (QED) is 0.670. The lowest BCUT2D eigenvalue weighted by molar-refractivity contribution is -0.384. The van der Waals surface area contributed by atoms with Crippen LogP contribution in [0.3, 0.4) is 0 Å². The molecule has 4 nitrogen and oxygen atoms in total. The molecule has 0 saturated heterocycles. The van der Waals surface area contributed by atoms with Crippen LogP contribution >= 0.6 is 23.2 Å². The van der Waals surface area contributed by atoms with Crippen LogP contribution in [0.4, 0.5) is 5.69 Å². The van der Waals surface area contributed by atoms with Crippen molar-refractivity contribution in [1.29, 1.82) is 0 Å². The molecule has 0 radical (unpaired) electrons. The Morgan fingerprint density at radius 1 is 1.18 bits per heavy atom. The Kier molecular flexibility index (Phi) is 4.08. The minimum atomic E-state index is -0.377. The van der Waals surface area contributed by atoms with Gasteiger partial charge in [-0.1, -0.05) is 35.3 Å². The van der Waals surface area contributed by atoms with Crippen molar-refractivity contribution in [3.05, 3.63) is 73.2 Å². The Bertz CT molecular complexity index is 749. The highest BCUT2D eigenvalue weighted by atomic mass is 35.5. The Hall–Kier alpha value is -1.62. The molecule has 2 atom stereocenters. The van der Waals surface area contributed by atoms with E-state index in [0.29, 0.717) is 10.0 Å². The molecule has 0 saturated carbocycles. The summed E-state index contributed by atoms with van der Waals surface area (Å²) >= 11 is 12.0. The van der Waals surface area contributed by atoms with Crippen molar-refractivity contribution in [3.63, 3.8) is 0 Å². The lowest BCUT2D eigenvalue weighted by Crippen LogP contribution is -2.18. The summed E-state index contributed by atoms with van der Waals surface area (Å²) in [5.41, 5.74) is 9.44. The molecule has 2 N–H and O–H groups in total. The SMILES string of the molecule is NC1c2ccc([N+](=O)[O-])cc2CC1Cc1ccc(Cl)c(Cl)c1. The topological polar surface area (TPSA) is 69.2 Å². The number of nitro groups is 1. The molecule has 1 aliphatic carbocycles. The fourth-order valence-corrected chi connectivity index (χ4v) is 3.36. The first-order valence-corrected chi connectivity index (χ1v) is 7.68. The van der Waals surface area contributed by atoms with Gasteiger partial charge in [0.15, 0.2) is 0 Å². The summed E-state index contributed by atoms with van der Waals surface area (Å²) in [4.78, 5) is 10.5. The summed E-state index contributed by atoms with van der Waals surface area (Å²) in [6, 6.07) is 10.4. The molecule has 0 spiro atoms. The zero-order chi connectivity index (χ0) is 15.9. The molecule has 2 aromatic rings. The van der Waals surface area contributed by atoms with Crippen molar-refractivity contribution in [1.82, 2.24) is 0 Å². The summed E-state index contributed by atoms with van der Waals surface area (Å²) < 4.78 is 0. The molecule has 1 aliphatic rings. The summed E-state index contributed by atoms with van der Waals surface area (Å²) in [7, 11) is 0. The largest absolute Gasteiger partial charge is 0.324 e. The molecule has 0 aliphatic heterocycles. The molecule has 0 aromatic heterocycles. The summed E-state index contributed by atoms with van der Waals surface area (Å²) in [6.07, 6.45) is 1.50. The second kappa shape index (κ2) is 5.88. The Morgan fingerprint density at radius 3 is 2.64 bits per heavy atom. The average Bonchev–Trinajstić information content (AvgIpc) is 2.79. The maximum Gasteiger partial charge on any atom is 0.269 e. The standard InChI is InChI=1S/C16H14Cl2N2O2/c17-14-4-1-9(6-15(14)18)5-11-7-10-8-12(20(21)22)2-3-13(10)16(11)19/h1-4,6,8,11,16H,5,7,19H2. The first kappa shape index (κ1) is 15.3. The van der Waals surface area contributed by atoms with Gasteiger partial charge in [-0.25, -0.2) is 0 Å². The van der Waals surface area contributed by atoms with E-state index in [-0.39, 0.29) is 22.6 Å². The molecule has 22 heavy (non-hydrogen) atoms. The number of rotatable bonds is 3. The van der Waals surface area contributed by atoms with E-state index in [0.717, 1.165) is 29.5 Å². The molecule has 0 heterocycles. The van der Waals surface area contributed by atoms with Crippen molar-refractivity contribution >= 4 is 28.9 Å². The summed E-state index contributed by atoms with van der Waals surface area (Å²) in [5, 5.41) is 11.9. The number of non-ortho nitro benzene ring substituents is 1. The molecule has 2 aromatic carbocycles. The van der Waals surface area contributed by atoms with Crippen LogP contribution in [0.2, 0.25) is 10.0 Å². The second-order valence-electron chi connectivity index (χ2n) is 5.58. The zero-order valence-corrected chi connectivity index (χ0v) is 13.1. The lowest BCUT2D eigenvalue weighted by atomic mass is 9.93. The third-order valence-corrected chi connectivity index (χ3v) is 4.91. The van der Waals surface area contributed by atoms with Crippen molar-refractivity contribution < 1.29 is 4.92 Å². The number of benzene rings is 2. The molecule has 6 heteroatoms. The molecule has 0 bridgehead atoms. The number of nitrogens with zero attached hydrogens (tertiary/aromatic N) is 1. The predicted molar refractivity (Wildman–Crippen MR) is 87.4 cm³/mol. The van der Waals surface area contributed by atoms with Crippen LogP contribution in [0.1, 0.15) is 22.7 Å². The highest BCUT2D eigenvalue weighted by Gasteiger charge is 2.31. The molecule has 0 amide bonds. The molecule has 114 valence electrons. The van der Waals surface area contributed by atoms with Gasteiger partial charge in [0.05, 0.1) is 15.0 Å². The Labute approximate surface area is 138 Å². The van der Waals surface area contributed by atoms with Crippen LogP contribution in [-0.2, 0) is 12.8 Å². The van der Waals surface area contributed by atoms with Gasteiger partial charge in [0.1, 0.15) is 0 Å². The van der Waals surface area contributed by atoms with Crippen LogP contribution < -0.4 is 5.73 Å². The van der Waals surface area contributed by atoms with Gasteiger partial charge in [-0.15, -0.1) is 0 Å². The fraction of sp³-hybridized carbons (Fsp3) is 0.250. The second-order valence-corrected chi connectivity index (χ2v) is 6.40. The number of fused-ring (bicyclic) bond motifs is 1. The highest BCUT2D eigenvalue weighted by Crippen LogP contribution is 2.38. The van der Waals surface area contributed by atoms with E-state index in [9.17, 15) is 10.1 Å². The van der Waals surface area contributed by atoms with Crippen LogP contribution in [-0.4, -0.2) is 4.92 Å². The van der Waals surface area contributed by atoms with Gasteiger partial charge in [0.2, 0.25) is 0 Å². The van der Waals surface area contributed by atoms with Crippen molar-refractivity contribution in [2.24, 2.45) is 11.7 Å². The smallest absolute Gasteiger partial charge is 0.269 e. The van der Waals surface area contributed by atoms with E-state index in [4.69, 9.17) is 28.9 Å². The van der Waals surface area contributed by atoms with Crippen LogP contribution in [0.15, 0.2) is 36.4 Å². The number of nitro benzene ring substituents is 1. The van der Waals surface area contributed by atoms with Crippen LogP contribution in [0, 0.1) is 16.0 Å². The molecule has 0 fully saturated rings. The fourth-order valence-electron chi connectivity index (χ4n) is 3.04. The van der Waals surface area contributed by atoms with Gasteiger partial charge in [-0.2, -0.15) is 0 Å². The van der Waals surface area contributed by atoms with E-state index in [1.807, 2.05) is 12.1 Å². The number of halogens is 2. The third kappa shape index (κ3) is 2.82. The Morgan fingerprint density at radius 2 is 1.95 bits per heavy atom. The van der Waals surface area contributed by atoms with Gasteiger partial charge < -0.3 is 5.73 Å². The van der Waals surface area contributed by atoms with Gasteiger partial charge in [0, 0.05) is 18.2 Å². The normalized spacial score (nSPS) is 20.0. The predicted octanol–water partition coefficient (Wildman–Crippen LogP) is 4.32.